The number of aromatic nitrogens is 2. The number of anilines is 1. The van der Waals surface area contributed by atoms with Crippen LogP contribution < -0.4 is 10.1 Å². The topological polar surface area (TPSA) is 76.5 Å². The lowest BCUT2D eigenvalue weighted by atomic mass is 9.92. The van der Waals surface area contributed by atoms with Crippen LogP contribution in [0.4, 0.5) is 5.82 Å². The van der Waals surface area contributed by atoms with Crippen molar-refractivity contribution in [3.63, 3.8) is 0 Å². The minimum atomic E-state index is -0.251. The summed E-state index contributed by atoms with van der Waals surface area (Å²) in [6, 6.07) is 9.33. The predicted molar refractivity (Wildman–Crippen MR) is 110 cm³/mol. The van der Waals surface area contributed by atoms with Crippen molar-refractivity contribution < 1.29 is 14.3 Å². The zero-order valence-corrected chi connectivity index (χ0v) is 17.6. The number of nitrogens with zero attached hydrogens (tertiary/aromatic N) is 3. The average molecular weight is 386 g/mol. The number of carbonyl (C=O) groups excluding carboxylic acids is 2. The summed E-state index contributed by atoms with van der Waals surface area (Å²) in [6.45, 7) is 10.4. The highest BCUT2D eigenvalue weighted by molar-refractivity contribution is 5.94. The molecular weight excluding hydrogens is 356 g/mol. The number of hydrogen-bond donors (Lipinski definition) is 1. The van der Waals surface area contributed by atoms with E-state index in [0.717, 1.165) is 17.1 Å². The van der Waals surface area contributed by atoms with Gasteiger partial charge in [-0.25, -0.2) is 4.68 Å². The Kier molecular flexibility index (Phi) is 6.83. The summed E-state index contributed by atoms with van der Waals surface area (Å²) in [4.78, 5) is 26.0. The van der Waals surface area contributed by atoms with Gasteiger partial charge in [-0.05, 0) is 31.2 Å². The van der Waals surface area contributed by atoms with E-state index in [0.29, 0.717) is 18.8 Å². The summed E-state index contributed by atoms with van der Waals surface area (Å²) in [7, 11) is 1.61. The third-order valence-electron chi connectivity index (χ3n) is 4.43. The summed E-state index contributed by atoms with van der Waals surface area (Å²) in [5, 5.41) is 7.60. The van der Waals surface area contributed by atoms with Crippen LogP contribution in [0.25, 0.3) is 5.69 Å². The minimum Gasteiger partial charge on any atom is -0.497 e. The number of ether oxygens (including phenoxy) is 1. The van der Waals surface area contributed by atoms with Crippen molar-refractivity contribution in [2.75, 3.05) is 25.5 Å². The molecule has 1 aromatic carbocycles. The van der Waals surface area contributed by atoms with Gasteiger partial charge >= 0.3 is 0 Å². The van der Waals surface area contributed by atoms with Crippen LogP contribution in [0.1, 0.15) is 46.7 Å². The number of amides is 2. The second-order valence-corrected chi connectivity index (χ2v) is 7.58. The SMILES string of the molecule is CCC(=O)N(CC)CC(=O)Nc1cc(C(C)(C)C)nn1-c1ccc(OC)cc1. The van der Waals surface area contributed by atoms with Crippen LogP contribution in [0.3, 0.4) is 0 Å². The van der Waals surface area contributed by atoms with Gasteiger partial charge in [-0.1, -0.05) is 27.7 Å². The lowest BCUT2D eigenvalue weighted by Crippen LogP contribution is -2.37. The first-order chi connectivity index (χ1) is 13.2. The van der Waals surface area contributed by atoms with Gasteiger partial charge in [0.05, 0.1) is 25.0 Å². The second-order valence-electron chi connectivity index (χ2n) is 7.58. The second kappa shape index (κ2) is 8.91. The van der Waals surface area contributed by atoms with E-state index < -0.39 is 0 Å². The van der Waals surface area contributed by atoms with E-state index in [1.54, 1.807) is 18.7 Å². The van der Waals surface area contributed by atoms with E-state index >= 15 is 0 Å². The summed E-state index contributed by atoms with van der Waals surface area (Å²) in [6.07, 6.45) is 0.374. The van der Waals surface area contributed by atoms with Gasteiger partial charge in [-0.2, -0.15) is 5.10 Å². The average Bonchev–Trinajstić information content (AvgIpc) is 3.09. The Balaban J connectivity index is 2.32. The fourth-order valence-corrected chi connectivity index (χ4v) is 2.71. The van der Waals surface area contributed by atoms with Gasteiger partial charge in [0.1, 0.15) is 11.6 Å². The molecule has 1 aromatic heterocycles. The molecule has 0 fully saturated rings. The zero-order chi connectivity index (χ0) is 20.9. The maximum Gasteiger partial charge on any atom is 0.245 e. The van der Waals surface area contributed by atoms with Crippen molar-refractivity contribution in [3.8, 4) is 11.4 Å². The van der Waals surface area contributed by atoms with Crippen molar-refractivity contribution in [1.29, 1.82) is 0 Å². The summed E-state index contributed by atoms with van der Waals surface area (Å²) in [5.41, 5.74) is 1.49. The smallest absolute Gasteiger partial charge is 0.245 e. The number of carbonyl (C=O) groups is 2. The Bertz CT molecular complexity index is 819. The molecule has 0 unspecified atom stereocenters. The van der Waals surface area contributed by atoms with Gasteiger partial charge in [-0.15, -0.1) is 0 Å². The Labute approximate surface area is 166 Å². The first-order valence-corrected chi connectivity index (χ1v) is 9.52. The molecule has 0 saturated heterocycles. The highest BCUT2D eigenvalue weighted by Gasteiger charge is 2.22. The van der Waals surface area contributed by atoms with E-state index in [9.17, 15) is 9.59 Å². The number of benzene rings is 1. The lowest BCUT2D eigenvalue weighted by Gasteiger charge is -2.19. The first-order valence-electron chi connectivity index (χ1n) is 9.52. The molecule has 0 aliphatic carbocycles. The summed E-state index contributed by atoms with van der Waals surface area (Å²) < 4.78 is 6.92. The molecule has 1 N–H and O–H groups in total. The first kappa shape index (κ1) is 21.5. The third kappa shape index (κ3) is 5.12. The van der Waals surface area contributed by atoms with Gasteiger partial charge < -0.3 is 15.0 Å². The Morgan fingerprint density at radius 1 is 1.18 bits per heavy atom. The van der Waals surface area contributed by atoms with Crippen LogP contribution in [0.5, 0.6) is 5.75 Å². The van der Waals surface area contributed by atoms with E-state index in [2.05, 4.69) is 26.1 Å². The molecule has 0 saturated carbocycles. The molecule has 0 bridgehead atoms. The number of rotatable bonds is 7. The highest BCUT2D eigenvalue weighted by atomic mass is 16.5. The van der Waals surface area contributed by atoms with Gasteiger partial charge in [0.15, 0.2) is 0 Å². The molecule has 2 amide bonds. The van der Waals surface area contributed by atoms with Crippen molar-refractivity contribution in [3.05, 3.63) is 36.0 Å². The Hall–Kier alpha value is -2.83. The van der Waals surface area contributed by atoms with Crippen LogP contribution in [0.15, 0.2) is 30.3 Å². The van der Waals surface area contributed by atoms with Crippen molar-refractivity contribution in [1.82, 2.24) is 14.7 Å². The maximum atomic E-state index is 12.6. The van der Waals surface area contributed by atoms with Gasteiger partial charge in [0, 0.05) is 24.4 Å². The summed E-state index contributed by atoms with van der Waals surface area (Å²) in [5.74, 6) is 1.02. The molecule has 0 radical (unpaired) electrons. The fraction of sp³-hybridized carbons (Fsp3) is 0.476. The van der Waals surface area contributed by atoms with E-state index in [-0.39, 0.29) is 23.8 Å². The molecule has 2 rings (SSSR count). The highest BCUT2D eigenvalue weighted by Crippen LogP contribution is 2.27. The van der Waals surface area contributed by atoms with Crippen LogP contribution in [0.2, 0.25) is 0 Å². The van der Waals surface area contributed by atoms with Gasteiger partial charge in [-0.3, -0.25) is 9.59 Å². The van der Waals surface area contributed by atoms with E-state index in [4.69, 9.17) is 9.84 Å². The molecule has 152 valence electrons. The van der Waals surface area contributed by atoms with Gasteiger partial charge in [0.2, 0.25) is 11.8 Å². The molecule has 2 aromatic rings. The summed E-state index contributed by atoms with van der Waals surface area (Å²) >= 11 is 0. The monoisotopic (exact) mass is 386 g/mol. The van der Waals surface area contributed by atoms with Crippen molar-refractivity contribution >= 4 is 17.6 Å². The van der Waals surface area contributed by atoms with Crippen molar-refractivity contribution in [2.45, 2.75) is 46.5 Å². The minimum absolute atomic E-state index is 0.0157. The molecule has 0 aliphatic heterocycles. The largest absolute Gasteiger partial charge is 0.497 e. The van der Waals surface area contributed by atoms with E-state index in [1.165, 1.54) is 4.90 Å². The Morgan fingerprint density at radius 2 is 1.82 bits per heavy atom. The van der Waals surface area contributed by atoms with Crippen LogP contribution >= 0.6 is 0 Å². The van der Waals surface area contributed by atoms with Crippen LogP contribution in [-0.4, -0.2) is 46.7 Å². The molecule has 0 atom stereocenters. The predicted octanol–water partition coefficient (Wildman–Crippen LogP) is 3.38. The number of methoxy groups -OCH3 is 1. The van der Waals surface area contributed by atoms with Gasteiger partial charge in [0.25, 0.3) is 0 Å². The molecule has 1 heterocycles. The van der Waals surface area contributed by atoms with Crippen molar-refractivity contribution in [2.24, 2.45) is 0 Å². The zero-order valence-electron chi connectivity index (χ0n) is 17.6. The molecule has 0 spiro atoms. The lowest BCUT2D eigenvalue weighted by molar-refractivity contribution is -0.134. The fourth-order valence-electron chi connectivity index (χ4n) is 2.71. The maximum absolute atomic E-state index is 12.6. The number of likely N-dealkylation sites (N-methyl/N-ethyl adjacent to an activating group) is 1. The Morgan fingerprint density at radius 3 is 2.32 bits per heavy atom. The molecular formula is C21H30N4O3. The molecule has 28 heavy (non-hydrogen) atoms. The standard InChI is InChI=1S/C21H30N4O3/c1-7-20(27)24(8-2)14-19(26)22-18-13-17(21(3,4)5)23-25(18)15-9-11-16(28-6)12-10-15/h9-13H,7-8,14H2,1-6H3,(H,22,26). The van der Waals surface area contributed by atoms with Crippen LogP contribution in [-0.2, 0) is 15.0 Å². The molecule has 0 aliphatic rings. The quantitative estimate of drug-likeness (QED) is 0.791. The number of hydrogen-bond acceptors (Lipinski definition) is 4. The van der Waals surface area contributed by atoms with E-state index in [1.807, 2.05) is 37.3 Å². The number of nitrogens with one attached hydrogen (secondary N) is 1. The normalized spacial score (nSPS) is 11.2. The third-order valence-corrected chi connectivity index (χ3v) is 4.43. The molecule has 7 heteroatoms. The van der Waals surface area contributed by atoms with Crippen LogP contribution in [0, 0.1) is 0 Å². The molecule has 7 nitrogen and oxygen atoms in total.